The molecule has 0 aliphatic heterocycles. The molecule has 0 N–H and O–H groups in total. The van der Waals surface area contributed by atoms with Gasteiger partial charge in [0.05, 0.1) is 0 Å². The van der Waals surface area contributed by atoms with Crippen LogP contribution >= 0.6 is 15.9 Å². The largest absolute Gasteiger partial charge is 0.573 e. The quantitative estimate of drug-likeness (QED) is 0.588. The summed E-state index contributed by atoms with van der Waals surface area (Å²) in [6, 6.07) is 2.08. The Hall–Kier alpha value is -1.36. The summed E-state index contributed by atoms with van der Waals surface area (Å²) in [4.78, 5) is 3.06. The van der Waals surface area contributed by atoms with Gasteiger partial charge in [0.15, 0.2) is 5.75 Å². The Morgan fingerprint density at radius 3 is 2.53 bits per heavy atom. The minimum atomic E-state index is -4.96. The molecule has 0 atom stereocenters. The highest BCUT2D eigenvalue weighted by atomic mass is 79.9. The Morgan fingerprint density at radius 1 is 1.47 bits per heavy atom. The van der Waals surface area contributed by atoms with Crippen LogP contribution in [0.15, 0.2) is 10.5 Å². The Balaban J connectivity index is 3.18. The molecule has 3 nitrogen and oxygen atoms in total. The molecule has 0 fully saturated rings. The normalized spacial score (nSPS) is 10.9. The lowest BCUT2D eigenvalue weighted by Crippen LogP contribution is -2.18. The number of pyridine rings is 1. The van der Waals surface area contributed by atoms with Crippen molar-refractivity contribution in [3.63, 3.8) is 0 Å². The van der Waals surface area contributed by atoms with E-state index in [1.807, 2.05) is 0 Å². The predicted molar refractivity (Wildman–Crippen MR) is 43.3 cm³/mol. The smallest absolute Gasteiger partial charge is 0.404 e. The van der Waals surface area contributed by atoms with Gasteiger partial charge < -0.3 is 4.74 Å². The lowest BCUT2D eigenvalue weighted by Gasteiger charge is -2.10. The van der Waals surface area contributed by atoms with E-state index in [0.29, 0.717) is 6.07 Å². The van der Waals surface area contributed by atoms with Crippen molar-refractivity contribution in [1.82, 2.24) is 4.98 Å². The van der Waals surface area contributed by atoms with Crippen molar-refractivity contribution < 1.29 is 22.3 Å². The van der Waals surface area contributed by atoms with Crippen LogP contribution in [-0.4, -0.2) is 11.3 Å². The van der Waals surface area contributed by atoms with E-state index in [1.54, 1.807) is 0 Å². The standard InChI is InChI=1S/C7HBrF4N2O/c8-5-4(15-7(10,11)12)1-3(2-13)14-6(5)9/h1H. The molecular formula is C7HBrF4N2O. The molecular weight excluding hydrogens is 284 g/mol. The topological polar surface area (TPSA) is 45.9 Å². The minimum absolute atomic E-state index is 0.505. The van der Waals surface area contributed by atoms with Gasteiger partial charge in [0, 0.05) is 6.07 Å². The van der Waals surface area contributed by atoms with Gasteiger partial charge in [-0.25, -0.2) is 4.98 Å². The van der Waals surface area contributed by atoms with Gasteiger partial charge in [0.1, 0.15) is 16.2 Å². The molecule has 15 heavy (non-hydrogen) atoms. The molecule has 1 rings (SSSR count). The van der Waals surface area contributed by atoms with Gasteiger partial charge in [-0.1, -0.05) is 0 Å². The minimum Gasteiger partial charge on any atom is -0.404 e. The van der Waals surface area contributed by atoms with Crippen LogP contribution in [0.2, 0.25) is 0 Å². The van der Waals surface area contributed by atoms with Crippen molar-refractivity contribution in [2.75, 3.05) is 0 Å². The van der Waals surface area contributed by atoms with E-state index >= 15 is 0 Å². The molecule has 0 aliphatic carbocycles. The summed E-state index contributed by atoms with van der Waals surface area (Å²) in [7, 11) is 0. The van der Waals surface area contributed by atoms with Gasteiger partial charge in [0.2, 0.25) is 5.95 Å². The highest BCUT2D eigenvalue weighted by molar-refractivity contribution is 9.10. The van der Waals surface area contributed by atoms with Crippen LogP contribution in [0.25, 0.3) is 0 Å². The Kier molecular flexibility index (Phi) is 3.14. The first-order valence-corrected chi connectivity index (χ1v) is 4.14. The molecule has 0 aromatic carbocycles. The zero-order valence-corrected chi connectivity index (χ0v) is 8.36. The van der Waals surface area contributed by atoms with E-state index in [9.17, 15) is 17.6 Å². The molecule has 0 radical (unpaired) electrons. The van der Waals surface area contributed by atoms with Crippen molar-refractivity contribution in [2.24, 2.45) is 0 Å². The van der Waals surface area contributed by atoms with Gasteiger partial charge in [0.25, 0.3) is 0 Å². The summed E-state index contributed by atoms with van der Waals surface area (Å²) >= 11 is 2.52. The lowest BCUT2D eigenvalue weighted by molar-refractivity contribution is -0.275. The second-order valence-electron chi connectivity index (χ2n) is 2.27. The van der Waals surface area contributed by atoms with E-state index in [1.165, 1.54) is 6.07 Å². The van der Waals surface area contributed by atoms with Crippen LogP contribution in [-0.2, 0) is 0 Å². The molecule has 8 heteroatoms. The summed E-state index contributed by atoms with van der Waals surface area (Å²) in [6.07, 6.45) is -4.96. The van der Waals surface area contributed by atoms with E-state index in [-0.39, 0.29) is 0 Å². The summed E-state index contributed by atoms with van der Waals surface area (Å²) < 4.78 is 51.2. The van der Waals surface area contributed by atoms with Crippen LogP contribution in [0.3, 0.4) is 0 Å². The first kappa shape index (κ1) is 11.7. The second-order valence-corrected chi connectivity index (χ2v) is 3.06. The van der Waals surface area contributed by atoms with Crippen molar-refractivity contribution in [3.05, 3.63) is 22.2 Å². The maximum Gasteiger partial charge on any atom is 0.573 e. The Morgan fingerprint density at radius 2 is 2.07 bits per heavy atom. The predicted octanol–water partition coefficient (Wildman–Crippen LogP) is 2.75. The Labute approximate surface area is 89.4 Å². The van der Waals surface area contributed by atoms with Crippen LogP contribution in [0.5, 0.6) is 5.75 Å². The number of nitrogens with zero attached hydrogens (tertiary/aromatic N) is 2. The molecule has 1 heterocycles. The second kappa shape index (κ2) is 4.02. The van der Waals surface area contributed by atoms with E-state index in [0.717, 1.165) is 0 Å². The summed E-state index contributed by atoms with van der Waals surface area (Å²) in [6.45, 7) is 0. The van der Waals surface area contributed by atoms with Crippen LogP contribution in [0.1, 0.15) is 5.69 Å². The van der Waals surface area contributed by atoms with Crippen molar-refractivity contribution >= 4 is 15.9 Å². The SMILES string of the molecule is N#Cc1cc(OC(F)(F)F)c(Br)c(F)n1. The summed E-state index contributed by atoms with van der Waals surface area (Å²) in [5.74, 6) is -2.08. The van der Waals surface area contributed by atoms with Gasteiger partial charge in [-0.3, -0.25) is 0 Å². The maximum absolute atomic E-state index is 12.8. The molecule has 0 amide bonds. The van der Waals surface area contributed by atoms with Gasteiger partial charge in [-0.05, 0) is 15.9 Å². The number of halogens is 5. The zero-order valence-electron chi connectivity index (χ0n) is 6.77. The highest BCUT2D eigenvalue weighted by Gasteiger charge is 2.33. The van der Waals surface area contributed by atoms with Crippen molar-refractivity contribution in [1.29, 1.82) is 5.26 Å². The lowest BCUT2D eigenvalue weighted by atomic mass is 10.3. The number of alkyl halides is 3. The number of aromatic nitrogens is 1. The number of rotatable bonds is 1. The molecule has 80 valence electrons. The number of nitriles is 1. The first-order chi connectivity index (χ1) is 6.83. The van der Waals surface area contributed by atoms with Gasteiger partial charge in [-0.15, -0.1) is 13.2 Å². The van der Waals surface area contributed by atoms with Crippen molar-refractivity contribution in [3.8, 4) is 11.8 Å². The fraction of sp³-hybridized carbons (Fsp3) is 0.143. The zero-order chi connectivity index (χ0) is 11.6. The van der Waals surface area contributed by atoms with E-state index in [2.05, 4.69) is 25.7 Å². The van der Waals surface area contributed by atoms with Crippen LogP contribution in [0.4, 0.5) is 17.6 Å². The van der Waals surface area contributed by atoms with E-state index < -0.39 is 28.2 Å². The highest BCUT2D eigenvalue weighted by Crippen LogP contribution is 2.31. The molecule has 0 aliphatic rings. The van der Waals surface area contributed by atoms with Gasteiger partial charge in [-0.2, -0.15) is 9.65 Å². The fourth-order valence-electron chi connectivity index (χ4n) is 0.733. The molecule has 0 spiro atoms. The van der Waals surface area contributed by atoms with Crippen molar-refractivity contribution in [2.45, 2.75) is 6.36 Å². The molecule has 0 saturated heterocycles. The molecule has 0 unspecified atom stereocenters. The number of hydrogen-bond acceptors (Lipinski definition) is 3. The third-order valence-electron chi connectivity index (χ3n) is 1.22. The number of ether oxygens (including phenoxy) is 1. The number of hydrogen-bond donors (Lipinski definition) is 0. The average molecular weight is 285 g/mol. The molecule has 0 saturated carbocycles. The van der Waals surface area contributed by atoms with Gasteiger partial charge >= 0.3 is 6.36 Å². The summed E-state index contributed by atoms with van der Waals surface area (Å²) in [5.41, 5.74) is -0.505. The van der Waals surface area contributed by atoms with Crippen LogP contribution < -0.4 is 4.74 Å². The molecule has 1 aromatic rings. The third-order valence-corrected chi connectivity index (χ3v) is 1.94. The summed E-state index contributed by atoms with van der Waals surface area (Å²) in [5, 5.41) is 8.34. The molecule has 1 aromatic heterocycles. The maximum atomic E-state index is 12.8. The van der Waals surface area contributed by atoms with E-state index in [4.69, 9.17) is 5.26 Å². The third kappa shape index (κ3) is 3.06. The van der Waals surface area contributed by atoms with Crippen LogP contribution in [0, 0.1) is 17.3 Å². The first-order valence-electron chi connectivity index (χ1n) is 3.35. The molecule has 0 bridgehead atoms. The fourth-order valence-corrected chi connectivity index (χ4v) is 1.02. The Bertz CT molecular complexity index is 426. The monoisotopic (exact) mass is 284 g/mol. The average Bonchev–Trinajstić information content (AvgIpc) is 2.10.